The van der Waals surface area contributed by atoms with Gasteiger partial charge in [-0.05, 0) is 38.1 Å². The fourth-order valence-electron chi connectivity index (χ4n) is 2.48. The average Bonchev–Trinajstić information content (AvgIpc) is 2.38. The Bertz CT molecular complexity index is 440. The minimum absolute atomic E-state index is 0.0524. The molecule has 20 heavy (non-hydrogen) atoms. The van der Waals surface area contributed by atoms with Crippen LogP contribution in [0.2, 0.25) is 0 Å². The molecule has 1 heterocycles. The van der Waals surface area contributed by atoms with E-state index in [1.165, 1.54) is 12.1 Å². The number of nitrogens with one attached hydrogen (secondary N) is 1. The van der Waals surface area contributed by atoms with Crippen LogP contribution in [0.4, 0.5) is 10.1 Å². The van der Waals surface area contributed by atoms with Gasteiger partial charge < -0.3 is 10.1 Å². The van der Waals surface area contributed by atoms with Crippen LogP contribution < -0.4 is 5.32 Å². The van der Waals surface area contributed by atoms with Gasteiger partial charge in [-0.25, -0.2) is 4.39 Å². The Labute approximate surface area is 118 Å². The monoisotopic (exact) mass is 280 g/mol. The third kappa shape index (κ3) is 4.58. The zero-order chi connectivity index (χ0) is 14.5. The number of anilines is 1. The van der Waals surface area contributed by atoms with E-state index in [-0.39, 0.29) is 23.9 Å². The molecule has 5 heteroatoms. The summed E-state index contributed by atoms with van der Waals surface area (Å²) in [4.78, 5) is 14.1. The lowest BCUT2D eigenvalue weighted by Gasteiger charge is -2.35. The maximum atomic E-state index is 12.8. The maximum absolute atomic E-state index is 12.8. The molecule has 4 nitrogen and oxygen atoms in total. The Morgan fingerprint density at radius 1 is 1.30 bits per heavy atom. The Balaban J connectivity index is 1.76. The fourth-order valence-corrected chi connectivity index (χ4v) is 2.48. The van der Waals surface area contributed by atoms with Crippen LogP contribution in [0.1, 0.15) is 20.3 Å². The van der Waals surface area contributed by atoms with E-state index >= 15 is 0 Å². The van der Waals surface area contributed by atoms with Gasteiger partial charge in [0.05, 0.1) is 12.2 Å². The van der Waals surface area contributed by atoms with E-state index in [2.05, 4.69) is 10.2 Å². The van der Waals surface area contributed by atoms with Gasteiger partial charge in [-0.3, -0.25) is 9.69 Å². The first-order valence-corrected chi connectivity index (χ1v) is 6.96. The van der Waals surface area contributed by atoms with Gasteiger partial charge in [0.15, 0.2) is 0 Å². The average molecular weight is 280 g/mol. The van der Waals surface area contributed by atoms with Gasteiger partial charge >= 0.3 is 0 Å². The molecule has 1 N–H and O–H groups in total. The second kappa shape index (κ2) is 6.81. The van der Waals surface area contributed by atoms with Crippen LogP contribution in [0, 0.1) is 5.82 Å². The molecule has 1 aliphatic heterocycles. The van der Waals surface area contributed by atoms with Crippen LogP contribution >= 0.6 is 0 Å². The number of rotatable bonds is 4. The number of benzene rings is 1. The molecular formula is C15H21FN2O2. The van der Waals surface area contributed by atoms with E-state index in [0.717, 1.165) is 13.1 Å². The molecule has 0 aromatic heterocycles. The topological polar surface area (TPSA) is 41.6 Å². The highest BCUT2D eigenvalue weighted by atomic mass is 19.1. The second-order valence-corrected chi connectivity index (χ2v) is 5.32. The standard InChI is InChI=1S/C15H21FN2O2/c1-11-9-18(10-12(2)20-11)8-7-15(19)17-14-5-3-13(16)4-6-14/h3-6,11-12H,7-10H2,1-2H3,(H,17,19)/t11-,12-/m0/s1. The SMILES string of the molecule is C[C@H]1CN(CCC(=O)Nc2ccc(F)cc2)C[C@H](C)O1. The summed E-state index contributed by atoms with van der Waals surface area (Å²) < 4.78 is 18.4. The van der Waals surface area contributed by atoms with Crippen molar-refractivity contribution in [2.45, 2.75) is 32.5 Å². The van der Waals surface area contributed by atoms with Crippen LogP contribution in [0.3, 0.4) is 0 Å². The molecule has 110 valence electrons. The fraction of sp³-hybridized carbons (Fsp3) is 0.533. The predicted molar refractivity (Wildman–Crippen MR) is 76.1 cm³/mol. The quantitative estimate of drug-likeness (QED) is 0.920. The number of carbonyl (C=O) groups excluding carboxylic acids is 1. The highest BCUT2D eigenvalue weighted by Gasteiger charge is 2.22. The van der Waals surface area contributed by atoms with Crippen molar-refractivity contribution in [3.8, 4) is 0 Å². The molecule has 0 spiro atoms. The van der Waals surface area contributed by atoms with Gasteiger partial charge in [0.2, 0.25) is 5.91 Å². The van der Waals surface area contributed by atoms with Crippen molar-refractivity contribution in [2.24, 2.45) is 0 Å². The molecule has 1 aliphatic rings. The summed E-state index contributed by atoms with van der Waals surface area (Å²) >= 11 is 0. The lowest BCUT2D eigenvalue weighted by Crippen LogP contribution is -2.46. The van der Waals surface area contributed by atoms with Crippen molar-refractivity contribution in [2.75, 3.05) is 25.0 Å². The van der Waals surface area contributed by atoms with Crippen LogP contribution in [-0.4, -0.2) is 42.6 Å². The third-order valence-corrected chi connectivity index (χ3v) is 3.28. The first-order valence-electron chi connectivity index (χ1n) is 6.96. The number of morpholine rings is 1. The summed E-state index contributed by atoms with van der Waals surface area (Å²) in [6.07, 6.45) is 0.842. The summed E-state index contributed by atoms with van der Waals surface area (Å²) in [5.74, 6) is -0.359. The van der Waals surface area contributed by atoms with E-state index in [9.17, 15) is 9.18 Å². The Kier molecular flexibility index (Phi) is 5.09. The van der Waals surface area contributed by atoms with E-state index in [1.807, 2.05) is 13.8 Å². The maximum Gasteiger partial charge on any atom is 0.225 e. The molecule has 1 aromatic carbocycles. The Hall–Kier alpha value is -1.46. The smallest absolute Gasteiger partial charge is 0.225 e. The van der Waals surface area contributed by atoms with Crippen molar-refractivity contribution in [1.29, 1.82) is 0 Å². The third-order valence-electron chi connectivity index (χ3n) is 3.28. The van der Waals surface area contributed by atoms with Crippen molar-refractivity contribution in [3.05, 3.63) is 30.1 Å². The van der Waals surface area contributed by atoms with E-state index < -0.39 is 0 Å². The molecule has 2 atom stereocenters. The Morgan fingerprint density at radius 3 is 2.50 bits per heavy atom. The van der Waals surface area contributed by atoms with E-state index in [0.29, 0.717) is 18.7 Å². The van der Waals surface area contributed by atoms with Crippen LogP contribution in [0.25, 0.3) is 0 Å². The van der Waals surface area contributed by atoms with Crippen LogP contribution in [-0.2, 0) is 9.53 Å². The first-order chi connectivity index (χ1) is 9.52. The molecule has 1 amide bonds. The Morgan fingerprint density at radius 2 is 1.90 bits per heavy atom. The van der Waals surface area contributed by atoms with E-state index in [1.54, 1.807) is 12.1 Å². The van der Waals surface area contributed by atoms with Crippen molar-refractivity contribution >= 4 is 11.6 Å². The number of hydrogen-bond acceptors (Lipinski definition) is 3. The van der Waals surface area contributed by atoms with Gasteiger partial charge in [0.25, 0.3) is 0 Å². The second-order valence-electron chi connectivity index (χ2n) is 5.32. The summed E-state index contributed by atoms with van der Waals surface area (Å²) in [5.41, 5.74) is 0.625. The molecule has 0 radical (unpaired) electrons. The lowest BCUT2D eigenvalue weighted by atomic mass is 10.2. The predicted octanol–water partition coefficient (Wildman–Crippen LogP) is 2.26. The number of nitrogens with zero attached hydrogens (tertiary/aromatic N) is 1. The van der Waals surface area contributed by atoms with Crippen LogP contribution in [0.15, 0.2) is 24.3 Å². The van der Waals surface area contributed by atoms with Gasteiger partial charge in [-0.1, -0.05) is 0 Å². The zero-order valence-electron chi connectivity index (χ0n) is 11.9. The molecule has 0 saturated carbocycles. The molecule has 1 saturated heterocycles. The first kappa shape index (κ1) is 14.9. The van der Waals surface area contributed by atoms with Crippen LogP contribution in [0.5, 0.6) is 0 Å². The summed E-state index contributed by atoms with van der Waals surface area (Å²) in [7, 11) is 0. The lowest BCUT2D eigenvalue weighted by molar-refractivity contribution is -0.117. The van der Waals surface area contributed by atoms with E-state index in [4.69, 9.17) is 4.74 Å². The van der Waals surface area contributed by atoms with Crippen molar-refractivity contribution in [3.63, 3.8) is 0 Å². The molecule has 1 aromatic rings. The van der Waals surface area contributed by atoms with Crippen molar-refractivity contribution < 1.29 is 13.9 Å². The minimum atomic E-state index is -0.306. The molecular weight excluding hydrogens is 259 g/mol. The molecule has 2 rings (SSSR count). The minimum Gasteiger partial charge on any atom is -0.373 e. The molecule has 0 unspecified atom stereocenters. The number of hydrogen-bond donors (Lipinski definition) is 1. The summed E-state index contributed by atoms with van der Waals surface area (Å²) in [6.45, 7) is 6.51. The number of carbonyl (C=O) groups is 1. The zero-order valence-corrected chi connectivity index (χ0v) is 11.9. The number of halogens is 1. The summed E-state index contributed by atoms with van der Waals surface area (Å²) in [6, 6.07) is 5.79. The molecule has 0 aliphatic carbocycles. The van der Waals surface area contributed by atoms with Gasteiger partial charge in [0.1, 0.15) is 5.82 Å². The number of ether oxygens (including phenoxy) is 1. The largest absolute Gasteiger partial charge is 0.373 e. The molecule has 1 fully saturated rings. The highest BCUT2D eigenvalue weighted by molar-refractivity contribution is 5.90. The van der Waals surface area contributed by atoms with Gasteiger partial charge in [-0.15, -0.1) is 0 Å². The van der Waals surface area contributed by atoms with Crippen molar-refractivity contribution in [1.82, 2.24) is 4.90 Å². The normalized spacial score (nSPS) is 23.6. The number of amides is 1. The summed E-state index contributed by atoms with van der Waals surface area (Å²) in [5, 5.41) is 2.77. The van der Waals surface area contributed by atoms with Gasteiger partial charge in [-0.2, -0.15) is 0 Å². The van der Waals surface area contributed by atoms with Gasteiger partial charge in [0, 0.05) is 31.7 Å². The highest BCUT2D eigenvalue weighted by Crippen LogP contribution is 2.12. The molecule has 0 bridgehead atoms.